The van der Waals surface area contributed by atoms with E-state index in [4.69, 9.17) is 5.11 Å². The Kier molecular flexibility index (Phi) is 4.31. The van der Waals surface area contributed by atoms with Crippen molar-refractivity contribution >= 4 is 11.8 Å². The van der Waals surface area contributed by atoms with E-state index < -0.39 is 11.8 Å². The van der Waals surface area contributed by atoms with Crippen molar-refractivity contribution in [3.05, 3.63) is 23.6 Å². The molecule has 1 aromatic heterocycles. The van der Waals surface area contributed by atoms with Crippen LogP contribution in [0, 0.1) is 11.7 Å². The fraction of sp³-hybridized carbons (Fsp3) is 0.538. The van der Waals surface area contributed by atoms with Gasteiger partial charge in [-0.2, -0.15) is 0 Å². The summed E-state index contributed by atoms with van der Waals surface area (Å²) in [6, 6.07) is 1.17. The fourth-order valence-corrected chi connectivity index (χ4v) is 2.24. The van der Waals surface area contributed by atoms with Crippen molar-refractivity contribution in [1.82, 2.24) is 9.88 Å². The first kappa shape index (κ1) is 13.7. The third kappa shape index (κ3) is 3.41. The first-order valence-corrected chi connectivity index (χ1v) is 6.38. The van der Waals surface area contributed by atoms with Crippen LogP contribution in [-0.4, -0.2) is 47.6 Å². The summed E-state index contributed by atoms with van der Waals surface area (Å²) in [7, 11) is 2.08. The molecule has 1 aliphatic heterocycles. The largest absolute Gasteiger partial charge is 0.478 e. The number of halogens is 1. The molecule has 0 unspecified atom stereocenters. The molecule has 0 saturated carbocycles. The number of aromatic nitrogens is 1. The number of piperidine rings is 1. The number of carboxylic acids is 1. The van der Waals surface area contributed by atoms with Crippen LogP contribution in [0.15, 0.2) is 12.3 Å². The highest BCUT2D eigenvalue weighted by Crippen LogP contribution is 2.19. The predicted octanol–water partition coefficient (Wildman–Crippen LogP) is 1.67. The number of likely N-dealkylation sites (tertiary alicyclic amines) is 1. The van der Waals surface area contributed by atoms with Crippen LogP contribution in [0.5, 0.6) is 0 Å². The van der Waals surface area contributed by atoms with Gasteiger partial charge in [0.05, 0.1) is 0 Å². The molecule has 2 N–H and O–H groups in total. The summed E-state index contributed by atoms with van der Waals surface area (Å²) in [4.78, 5) is 16.9. The molecular weight excluding hydrogens is 249 g/mol. The van der Waals surface area contributed by atoms with Gasteiger partial charge in [-0.3, -0.25) is 0 Å². The molecule has 104 valence electrons. The van der Waals surface area contributed by atoms with E-state index in [9.17, 15) is 9.18 Å². The molecule has 0 bridgehead atoms. The maximum Gasteiger partial charge on any atom is 0.338 e. The van der Waals surface area contributed by atoms with Crippen molar-refractivity contribution in [2.45, 2.75) is 12.8 Å². The molecule has 1 fully saturated rings. The maximum atomic E-state index is 13.8. The zero-order chi connectivity index (χ0) is 13.8. The van der Waals surface area contributed by atoms with E-state index in [1.54, 1.807) is 0 Å². The van der Waals surface area contributed by atoms with E-state index in [2.05, 4.69) is 22.2 Å². The number of hydrogen-bond donors (Lipinski definition) is 2. The lowest BCUT2D eigenvalue weighted by atomic mass is 9.97. The van der Waals surface area contributed by atoms with Gasteiger partial charge in [-0.05, 0) is 45.0 Å². The lowest BCUT2D eigenvalue weighted by Gasteiger charge is -2.29. The van der Waals surface area contributed by atoms with E-state index in [0.29, 0.717) is 12.5 Å². The summed E-state index contributed by atoms with van der Waals surface area (Å²) < 4.78 is 13.8. The fourth-order valence-electron chi connectivity index (χ4n) is 2.24. The molecule has 1 saturated heterocycles. The Labute approximate surface area is 111 Å². The third-order valence-corrected chi connectivity index (χ3v) is 3.52. The van der Waals surface area contributed by atoms with Crippen LogP contribution >= 0.6 is 0 Å². The molecule has 0 radical (unpaired) electrons. The van der Waals surface area contributed by atoms with Crippen molar-refractivity contribution in [3.8, 4) is 0 Å². The summed E-state index contributed by atoms with van der Waals surface area (Å²) in [5.74, 6) is -1.56. The minimum absolute atomic E-state index is 0.0267. The SMILES string of the molecule is CN1CCC(CNc2nccc(C(=O)O)c2F)CC1. The number of pyridine rings is 1. The number of rotatable bonds is 4. The zero-order valence-corrected chi connectivity index (χ0v) is 10.9. The Balaban J connectivity index is 1.96. The van der Waals surface area contributed by atoms with E-state index in [1.807, 2.05) is 0 Å². The molecule has 2 heterocycles. The number of hydrogen-bond acceptors (Lipinski definition) is 4. The number of nitrogens with zero attached hydrogens (tertiary/aromatic N) is 2. The number of carboxylic acid groups (broad SMARTS) is 1. The highest BCUT2D eigenvalue weighted by molar-refractivity contribution is 5.88. The van der Waals surface area contributed by atoms with E-state index in [1.165, 1.54) is 12.3 Å². The monoisotopic (exact) mass is 267 g/mol. The quantitative estimate of drug-likeness (QED) is 0.868. The van der Waals surface area contributed by atoms with E-state index in [-0.39, 0.29) is 11.4 Å². The summed E-state index contributed by atoms with van der Waals surface area (Å²) in [5.41, 5.74) is -0.346. The molecule has 0 aliphatic carbocycles. The number of anilines is 1. The number of nitrogens with one attached hydrogen (secondary N) is 1. The van der Waals surface area contributed by atoms with Gasteiger partial charge in [0, 0.05) is 12.7 Å². The van der Waals surface area contributed by atoms with Crippen molar-refractivity contribution in [3.63, 3.8) is 0 Å². The predicted molar refractivity (Wildman–Crippen MR) is 69.9 cm³/mol. The average molecular weight is 267 g/mol. The van der Waals surface area contributed by atoms with E-state index >= 15 is 0 Å². The first-order valence-electron chi connectivity index (χ1n) is 6.38. The Morgan fingerprint density at radius 1 is 1.58 bits per heavy atom. The summed E-state index contributed by atoms with van der Waals surface area (Å²) >= 11 is 0. The molecule has 0 amide bonds. The Bertz CT molecular complexity index is 459. The summed E-state index contributed by atoms with van der Waals surface area (Å²) in [6.45, 7) is 2.70. The van der Waals surface area contributed by atoms with Crippen LogP contribution in [0.2, 0.25) is 0 Å². The van der Waals surface area contributed by atoms with E-state index in [0.717, 1.165) is 25.9 Å². The normalized spacial score (nSPS) is 17.4. The second-order valence-electron chi connectivity index (χ2n) is 4.95. The lowest BCUT2D eigenvalue weighted by molar-refractivity contribution is 0.0692. The standard InChI is InChI=1S/C13H18FN3O2/c1-17-6-3-9(4-7-17)8-16-12-11(14)10(13(18)19)2-5-15-12/h2,5,9H,3-4,6-8H2,1H3,(H,15,16)(H,18,19). The maximum absolute atomic E-state index is 13.8. The van der Waals surface area contributed by atoms with Gasteiger partial charge in [0.2, 0.25) is 0 Å². The Morgan fingerprint density at radius 2 is 2.26 bits per heavy atom. The van der Waals surface area contributed by atoms with Crippen LogP contribution in [0.25, 0.3) is 0 Å². The van der Waals surface area contributed by atoms with Crippen LogP contribution in [0.1, 0.15) is 23.2 Å². The molecular formula is C13H18FN3O2. The first-order chi connectivity index (χ1) is 9.08. The van der Waals surface area contributed by atoms with Gasteiger partial charge in [0.15, 0.2) is 11.6 Å². The second kappa shape index (κ2) is 5.97. The minimum atomic E-state index is -1.28. The van der Waals surface area contributed by atoms with Gasteiger partial charge in [0.25, 0.3) is 0 Å². The van der Waals surface area contributed by atoms with Crippen LogP contribution in [0.3, 0.4) is 0 Å². The van der Waals surface area contributed by atoms with Crippen molar-refractivity contribution in [2.75, 3.05) is 32.0 Å². The van der Waals surface area contributed by atoms with Gasteiger partial charge in [0.1, 0.15) is 5.56 Å². The van der Waals surface area contributed by atoms with Gasteiger partial charge in [-0.1, -0.05) is 0 Å². The topological polar surface area (TPSA) is 65.5 Å². The molecule has 6 heteroatoms. The number of aromatic carboxylic acids is 1. The van der Waals surface area contributed by atoms with Gasteiger partial charge in [-0.25, -0.2) is 14.2 Å². The molecule has 5 nitrogen and oxygen atoms in total. The Morgan fingerprint density at radius 3 is 2.89 bits per heavy atom. The van der Waals surface area contributed by atoms with Crippen LogP contribution < -0.4 is 5.32 Å². The molecule has 19 heavy (non-hydrogen) atoms. The molecule has 0 aromatic carbocycles. The Hall–Kier alpha value is -1.69. The summed E-state index contributed by atoms with van der Waals surface area (Å²) in [5, 5.41) is 11.8. The molecule has 1 aliphatic rings. The highest BCUT2D eigenvalue weighted by Gasteiger charge is 2.19. The minimum Gasteiger partial charge on any atom is -0.478 e. The summed E-state index contributed by atoms with van der Waals surface area (Å²) in [6.07, 6.45) is 3.43. The zero-order valence-electron chi connectivity index (χ0n) is 10.9. The van der Waals surface area contributed by atoms with Crippen LogP contribution in [0.4, 0.5) is 10.2 Å². The second-order valence-corrected chi connectivity index (χ2v) is 4.95. The third-order valence-electron chi connectivity index (χ3n) is 3.52. The lowest BCUT2D eigenvalue weighted by Crippen LogP contribution is -2.33. The average Bonchev–Trinajstić information content (AvgIpc) is 2.39. The molecule has 1 aromatic rings. The number of carbonyl (C=O) groups is 1. The molecule has 0 atom stereocenters. The van der Waals surface area contributed by atoms with Crippen molar-refractivity contribution in [2.24, 2.45) is 5.92 Å². The highest BCUT2D eigenvalue weighted by atomic mass is 19.1. The van der Waals surface area contributed by atoms with Crippen LogP contribution in [-0.2, 0) is 0 Å². The molecule has 0 spiro atoms. The van der Waals surface area contributed by atoms with Gasteiger partial charge < -0.3 is 15.3 Å². The van der Waals surface area contributed by atoms with Gasteiger partial charge in [-0.15, -0.1) is 0 Å². The van der Waals surface area contributed by atoms with Gasteiger partial charge >= 0.3 is 5.97 Å². The smallest absolute Gasteiger partial charge is 0.338 e. The molecule has 2 rings (SSSR count). The van der Waals surface area contributed by atoms with Crippen molar-refractivity contribution in [1.29, 1.82) is 0 Å². The van der Waals surface area contributed by atoms with Crippen molar-refractivity contribution < 1.29 is 14.3 Å².